The third kappa shape index (κ3) is 4.14. The van der Waals surface area contributed by atoms with Crippen LogP contribution in [0.5, 0.6) is 0 Å². The summed E-state index contributed by atoms with van der Waals surface area (Å²) in [6.07, 6.45) is 1.77. The maximum Gasteiger partial charge on any atom is 0.323 e. The van der Waals surface area contributed by atoms with Gasteiger partial charge in [0.15, 0.2) is 0 Å². The molecule has 3 amide bonds. The van der Waals surface area contributed by atoms with Gasteiger partial charge in [0.05, 0.1) is 0 Å². The highest BCUT2D eigenvalue weighted by Gasteiger charge is 2.25. The van der Waals surface area contributed by atoms with Crippen molar-refractivity contribution in [1.29, 1.82) is 0 Å². The average molecular weight is 385 g/mol. The number of hydrogen-bond acceptors (Lipinski definition) is 2. The van der Waals surface area contributed by atoms with E-state index in [2.05, 4.69) is 17.6 Å². The molecule has 0 atom stereocenters. The lowest BCUT2D eigenvalue weighted by atomic mass is 10.1. The molecular formula is C24H23N3O2. The molecule has 1 heterocycles. The second-order valence-corrected chi connectivity index (χ2v) is 7.05. The Morgan fingerprint density at radius 1 is 0.897 bits per heavy atom. The summed E-state index contributed by atoms with van der Waals surface area (Å²) in [6.45, 7) is 2.73. The van der Waals surface area contributed by atoms with E-state index in [1.165, 1.54) is 5.56 Å². The van der Waals surface area contributed by atoms with E-state index in [0.717, 1.165) is 29.8 Å². The molecule has 3 aromatic rings. The largest absolute Gasteiger partial charge is 0.323 e. The second-order valence-electron chi connectivity index (χ2n) is 7.05. The smallest absolute Gasteiger partial charge is 0.308 e. The molecule has 2 N–H and O–H groups in total. The van der Waals surface area contributed by atoms with E-state index in [0.29, 0.717) is 17.8 Å². The predicted octanol–water partition coefficient (Wildman–Crippen LogP) is 5.10. The molecule has 4 rings (SSSR count). The van der Waals surface area contributed by atoms with Crippen molar-refractivity contribution in [3.63, 3.8) is 0 Å². The summed E-state index contributed by atoms with van der Waals surface area (Å²) in [7, 11) is 0. The van der Waals surface area contributed by atoms with Crippen molar-refractivity contribution in [2.45, 2.75) is 19.8 Å². The zero-order chi connectivity index (χ0) is 20.2. The third-order valence-electron chi connectivity index (χ3n) is 5.12. The maximum atomic E-state index is 12.9. The van der Waals surface area contributed by atoms with Crippen molar-refractivity contribution in [3.8, 4) is 0 Å². The molecule has 0 bridgehead atoms. The van der Waals surface area contributed by atoms with E-state index >= 15 is 0 Å². The third-order valence-corrected chi connectivity index (χ3v) is 5.12. The molecule has 0 saturated carbocycles. The van der Waals surface area contributed by atoms with Crippen molar-refractivity contribution in [1.82, 2.24) is 0 Å². The summed E-state index contributed by atoms with van der Waals surface area (Å²) in [4.78, 5) is 27.0. The Balaban J connectivity index is 1.47. The van der Waals surface area contributed by atoms with Crippen LogP contribution in [0.4, 0.5) is 21.9 Å². The Labute approximate surface area is 170 Å². The summed E-state index contributed by atoms with van der Waals surface area (Å²) in [5.74, 6) is -0.0260. The molecular weight excluding hydrogens is 362 g/mol. The summed E-state index contributed by atoms with van der Waals surface area (Å²) in [5, 5.41) is 5.70. The molecule has 0 radical (unpaired) electrons. The first-order valence-corrected chi connectivity index (χ1v) is 9.81. The Kier molecular flexibility index (Phi) is 5.29. The van der Waals surface area contributed by atoms with Crippen LogP contribution < -0.4 is 15.5 Å². The number of benzene rings is 3. The van der Waals surface area contributed by atoms with Crippen LogP contribution in [0, 0.1) is 0 Å². The highest BCUT2D eigenvalue weighted by molar-refractivity contribution is 6.08. The number of anilines is 3. The molecule has 0 saturated heterocycles. The minimum absolute atomic E-state index is 0.0260. The number of nitrogens with one attached hydrogen (secondary N) is 2. The first-order valence-electron chi connectivity index (χ1n) is 9.81. The van der Waals surface area contributed by atoms with Crippen LogP contribution in [0.2, 0.25) is 0 Å². The highest BCUT2D eigenvalue weighted by Crippen LogP contribution is 2.32. The van der Waals surface area contributed by atoms with Gasteiger partial charge >= 0.3 is 6.03 Å². The number of urea groups is 1. The molecule has 0 fully saturated rings. The van der Waals surface area contributed by atoms with E-state index in [4.69, 9.17) is 0 Å². The van der Waals surface area contributed by atoms with E-state index in [9.17, 15) is 9.59 Å². The van der Waals surface area contributed by atoms with Gasteiger partial charge in [-0.05, 0) is 60.4 Å². The Bertz CT molecular complexity index is 1030. The van der Waals surface area contributed by atoms with E-state index in [-0.39, 0.29) is 11.9 Å². The fourth-order valence-corrected chi connectivity index (χ4v) is 3.52. The normalized spacial score (nSPS) is 12.4. The van der Waals surface area contributed by atoms with E-state index < -0.39 is 0 Å². The maximum absolute atomic E-state index is 12.9. The van der Waals surface area contributed by atoms with Gasteiger partial charge in [-0.15, -0.1) is 0 Å². The van der Waals surface area contributed by atoms with Gasteiger partial charge in [0.1, 0.15) is 0 Å². The lowest BCUT2D eigenvalue weighted by Gasteiger charge is -2.18. The van der Waals surface area contributed by atoms with Crippen LogP contribution in [0.1, 0.15) is 28.4 Å². The number of carbonyl (C=O) groups excluding carboxylic acids is 2. The van der Waals surface area contributed by atoms with Crippen LogP contribution in [0.3, 0.4) is 0 Å². The number of fused-ring (bicyclic) bond motifs is 1. The summed E-state index contributed by atoms with van der Waals surface area (Å²) < 4.78 is 0. The van der Waals surface area contributed by atoms with Crippen molar-refractivity contribution in [3.05, 3.63) is 89.5 Å². The van der Waals surface area contributed by atoms with E-state index in [1.807, 2.05) is 72.8 Å². The van der Waals surface area contributed by atoms with Gasteiger partial charge in [-0.2, -0.15) is 0 Å². The monoisotopic (exact) mass is 385 g/mol. The summed E-state index contributed by atoms with van der Waals surface area (Å²) in [5.41, 5.74) is 5.23. The minimum atomic E-state index is -0.312. The fraction of sp³-hybridized carbons (Fsp3) is 0.167. The first-order chi connectivity index (χ1) is 14.1. The Morgan fingerprint density at radius 2 is 1.59 bits per heavy atom. The number of hydrogen-bond donors (Lipinski definition) is 2. The van der Waals surface area contributed by atoms with Crippen LogP contribution >= 0.6 is 0 Å². The fourth-order valence-electron chi connectivity index (χ4n) is 3.52. The number of rotatable bonds is 4. The SMILES string of the molecule is CCc1ccc(NC(=O)Nc2ccc3c(c2)N(C(=O)c2ccccc2)CC3)cc1. The zero-order valence-corrected chi connectivity index (χ0v) is 16.3. The lowest BCUT2D eigenvalue weighted by molar-refractivity contribution is 0.0989. The lowest BCUT2D eigenvalue weighted by Crippen LogP contribution is -2.29. The molecule has 0 aromatic heterocycles. The van der Waals surface area contributed by atoms with Gasteiger partial charge in [0.2, 0.25) is 0 Å². The zero-order valence-electron chi connectivity index (χ0n) is 16.3. The number of nitrogens with zero attached hydrogens (tertiary/aromatic N) is 1. The van der Waals surface area contributed by atoms with Gasteiger partial charge in [0, 0.05) is 29.2 Å². The van der Waals surface area contributed by atoms with Crippen LogP contribution in [0.25, 0.3) is 0 Å². The first kappa shape index (κ1) is 18.7. The topological polar surface area (TPSA) is 61.4 Å². The van der Waals surface area contributed by atoms with Gasteiger partial charge in [0.25, 0.3) is 5.91 Å². The highest BCUT2D eigenvalue weighted by atomic mass is 16.2. The molecule has 0 spiro atoms. The molecule has 3 aromatic carbocycles. The Hall–Kier alpha value is -3.60. The molecule has 29 heavy (non-hydrogen) atoms. The molecule has 1 aliphatic rings. The number of amides is 3. The summed E-state index contributed by atoms with van der Waals surface area (Å²) >= 11 is 0. The van der Waals surface area contributed by atoms with Crippen LogP contribution in [-0.4, -0.2) is 18.5 Å². The van der Waals surface area contributed by atoms with Crippen molar-refractivity contribution in [2.75, 3.05) is 22.1 Å². The molecule has 5 heteroatoms. The van der Waals surface area contributed by atoms with Crippen LogP contribution in [0.15, 0.2) is 72.8 Å². The Morgan fingerprint density at radius 3 is 2.31 bits per heavy atom. The number of aryl methyl sites for hydroxylation is 1. The van der Waals surface area contributed by atoms with Gasteiger partial charge in [-0.25, -0.2) is 4.79 Å². The second kappa shape index (κ2) is 8.19. The van der Waals surface area contributed by atoms with Crippen molar-refractivity contribution in [2.24, 2.45) is 0 Å². The van der Waals surface area contributed by atoms with Gasteiger partial charge < -0.3 is 15.5 Å². The predicted molar refractivity (Wildman–Crippen MR) is 117 cm³/mol. The summed E-state index contributed by atoms with van der Waals surface area (Å²) in [6, 6.07) is 22.4. The standard InChI is InChI=1S/C24H23N3O2/c1-2-17-8-11-20(12-9-17)25-24(29)26-21-13-10-18-14-15-27(22(18)16-21)23(28)19-6-4-3-5-7-19/h3-13,16H,2,14-15H2,1H3,(H2,25,26,29). The quantitative estimate of drug-likeness (QED) is 0.657. The van der Waals surface area contributed by atoms with Crippen molar-refractivity contribution < 1.29 is 9.59 Å². The van der Waals surface area contributed by atoms with E-state index in [1.54, 1.807) is 4.90 Å². The van der Waals surface area contributed by atoms with Crippen LogP contribution in [-0.2, 0) is 12.8 Å². The number of carbonyl (C=O) groups is 2. The van der Waals surface area contributed by atoms with Gasteiger partial charge in [-0.3, -0.25) is 4.79 Å². The molecule has 1 aliphatic heterocycles. The molecule has 0 aliphatic carbocycles. The molecule has 5 nitrogen and oxygen atoms in total. The molecule has 146 valence electrons. The van der Waals surface area contributed by atoms with Crippen molar-refractivity contribution >= 4 is 29.0 Å². The van der Waals surface area contributed by atoms with Gasteiger partial charge in [-0.1, -0.05) is 43.3 Å². The average Bonchev–Trinajstić information content (AvgIpc) is 3.17. The minimum Gasteiger partial charge on any atom is -0.308 e. The molecule has 0 unspecified atom stereocenters.